The molecule has 4 rings (SSSR count). The van der Waals surface area contributed by atoms with Crippen LogP contribution in [0, 0.1) is 0 Å². The molecule has 0 radical (unpaired) electrons. The lowest BCUT2D eigenvalue weighted by Crippen LogP contribution is -2.12. The number of amides is 1. The molecule has 0 unspecified atom stereocenters. The van der Waals surface area contributed by atoms with Crippen LogP contribution in [0.4, 0.5) is 17.3 Å². The fourth-order valence-corrected chi connectivity index (χ4v) is 5.54. The average Bonchev–Trinajstić information content (AvgIpc) is 2.93. The Kier molecular flexibility index (Phi) is 8.24. The summed E-state index contributed by atoms with van der Waals surface area (Å²) in [5, 5.41) is 6.14. The van der Waals surface area contributed by atoms with Gasteiger partial charge in [-0.2, -0.15) is 0 Å². The third kappa shape index (κ3) is 6.64. The van der Waals surface area contributed by atoms with Gasteiger partial charge < -0.3 is 15.2 Å². The summed E-state index contributed by atoms with van der Waals surface area (Å²) in [6.07, 6.45) is 8.11. The molecule has 0 saturated carbocycles. The predicted molar refractivity (Wildman–Crippen MR) is 147 cm³/mol. The Bertz CT molecular complexity index is 1350. The average molecular weight is 500 g/mol. The lowest BCUT2D eigenvalue weighted by Gasteiger charge is -2.14. The highest BCUT2D eigenvalue weighted by Crippen LogP contribution is 2.44. The highest BCUT2D eigenvalue weighted by Gasteiger charge is 2.16. The lowest BCUT2D eigenvalue weighted by atomic mass is 10.1. The molecule has 0 aliphatic rings. The molecule has 1 amide bonds. The molecule has 0 aliphatic carbocycles. The van der Waals surface area contributed by atoms with Crippen molar-refractivity contribution < 1.29 is 9.36 Å². The summed E-state index contributed by atoms with van der Waals surface area (Å²) in [6.45, 7) is 3.99. The van der Waals surface area contributed by atoms with E-state index >= 15 is 0 Å². The van der Waals surface area contributed by atoms with Gasteiger partial charge in [0.15, 0.2) is 0 Å². The molecule has 0 fully saturated rings. The quantitative estimate of drug-likeness (QED) is 0.242. The zero-order valence-corrected chi connectivity index (χ0v) is 21.4. The van der Waals surface area contributed by atoms with Gasteiger partial charge in [0.2, 0.25) is 5.95 Å². The molecular weight excluding hydrogens is 469 g/mol. The number of aromatic nitrogens is 3. The Morgan fingerprint density at radius 1 is 0.917 bits per heavy atom. The number of benzene rings is 2. The first-order valence-corrected chi connectivity index (χ1v) is 14.3. The van der Waals surface area contributed by atoms with Crippen LogP contribution >= 0.6 is 7.14 Å². The molecule has 2 aromatic heterocycles. The van der Waals surface area contributed by atoms with Crippen molar-refractivity contribution in [2.45, 2.75) is 20.3 Å². The van der Waals surface area contributed by atoms with E-state index in [1.54, 1.807) is 18.6 Å². The van der Waals surface area contributed by atoms with Crippen LogP contribution in [0.3, 0.4) is 0 Å². The van der Waals surface area contributed by atoms with Crippen molar-refractivity contribution in [2.24, 2.45) is 0 Å². The molecule has 184 valence electrons. The van der Waals surface area contributed by atoms with Gasteiger partial charge in [0.1, 0.15) is 0 Å². The topological polar surface area (TPSA) is 96.9 Å². The second-order valence-electron chi connectivity index (χ2n) is 8.53. The van der Waals surface area contributed by atoms with E-state index in [4.69, 9.17) is 0 Å². The monoisotopic (exact) mass is 499 g/mol. The van der Waals surface area contributed by atoms with Gasteiger partial charge >= 0.3 is 0 Å². The minimum Gasteiger partial charge on any atom is -0.324 e. The van der Waals surface area contributed by atoms with Crippen LogP contribution in [0.15, 0.2) is 85.3 Å². The molecule has 0 bridgehead atoms. The number of anilines is 3. The van der Waals surface area contributed by atoms with Crippen LogP contribution in [0.1, 0.15) is 29.8 Å². The van der Waals surface area contributed by atoms with Crippen LogP contribution in [-0.4, -0.2) is 39.3 Å². The molecule has 2 heterocycles. The van der Waals surface area contributed by atoms with Gasteiger partial charge in [-0.25, -0.2) is 9.97 Å². The zero-order chi connectivity index (χ0) is 25.4. The first-order valence-electron chi connectivity index (χ1n) is 12.1. The minimum atomic E-state index is -2.07. The Hall–Kier alpha value is -3.83. The van der Waals surface area contributed by atoms with Gasteiger partial charge in [-0.05, 0) is 72.8 Å². The van der Waals surface area contributed by atoms with Crippen molar-refractivity contribution in [1.82, 2.24) is 15.0 Å². The van der Waals surface area contributed by atoms with E-state index in [9.17, 15) is 9.36 Å². The molecule has 0 spiro atoms. The number of pyridine rings is 1. The first-order chi connectivity index (χ1) is 17.5. The molecular formula is C28H30N5O2P. The summed E-state index contributed by atoms with van der Waals surface area (Å²) >= 11 is 0. The highest BCUT2D eigenvalue weighted by molar-refractivity contribution is 7.63. The van der Waals surface area contributed by atoms with E-state index in [1.807, 2.05) is 80.6 Å². The molecule has 4 aromatic rings. The van der Waals surface area contributed by atoms with Gasteiger partial charge in [-0.15, -0.1) is 0 Å². The molecule has 2 N–H and O–H groups in total. The maximum atomic E-state index is 12.8. The molecule has 0 saturated heterocycles. The summed E-state index contributed by atoms with van der Waals surface area (Å²) in [5.74, 6) is 0.257. The van der Waals surface area contributed by atoms with Crippen LogP contribution in [0.5, 0.6) is 0 Å². The minimum absolute atomic E-state index is 0.193. The van der Waals surface area contributed by atoms with Crippen LogP contribution < -0.4 is 10.6 Å². The molecule has 0 aliphatic heterocycles. The van der Waals surface area contributed by atoms with Gasteiger partial charge in [-0.1, -0.05) is 32.0 Å². The van der Waals surface area contributed by atoms with Crippen molar-refractivity contribution in [1.29, 1.82) is 0 Å². The second-order valence-corrected chi connectivity index (χ2v) is 12.4. The second kappa shape index (κ2) is 11.7. The van der Waals surface area contributed by atoms with Crippen molar-refractivity contribution in [3.63, 3.8) is 0 Å². The summed E-state index contributed by atoms with van der Waals surface area (Å²) in [7, 11) is -2.07. The van der Waals surface area contributed by atoms with Crippen LogP contribution in [-0.2, 0) is 11.0 Å². The zero-order valence-electron chi connectivity index (χ0n) is 20.5. The van der Waals surface area contributed by atoms with Crippen molar-refractivity contribution in [3.05, 3.63) is 96.4 Å². The Balaban J connectivity index is 1.39. The fraction of sp³-hybridized carbons (Fsp3) is 0.214. The fourth-order valence-electron chi connectivity index (χ4n) is 3.80. The molecule has 7 nitrogen and oxygen atoms in total. The summed E-state index contributed by atoms with van der Waals surface area (Å²) in [6, 6.07) is 20.5. The molecule has 0 atom stereocenters. The number of nitrogens with one attached hydrogen (secondary N) is 2. The normalized spacial score (nSPS) is 11.2. The molecule has 8 heteroatoms. The highest BCUT2D eigenvalue weighted by atomic mass is 31.2. The predicted octanol–water partition coefficient (Wildman–Crippen LogP) is 6.48. The number of carbonyl (C=O) groups is 1. The van der Waals surface area contributed by atoms with E-state index in [0.29, 0.717) is 23.4 Å². The number of aryl methyl sites for hydroxylation is 1. The maximum absolute atomic E-state index is 12.8. The Labute approximate surface area is 211 Å². The number of rotatable bonds is 10. The van der Waals surface area contributed by atoms with E-state index in [-0.39, 0.29) is 5.91 Å². The number of hydrogen-bond donors (Lipinski definition) is 2. The van der Waals surface area contributed by atoms with E-state index in [1.165, 1.54) is 0 Å². The third-order valence-electron chi connectivity index (χ3n) is 6.17. The Morgan fingerprint density at radius 3 is 2.42 bits per heavy atom. The van der Waals surface area contributed by atoms with Gasteiger partial charge in [0.05, 0.1) is 12.8 Å². The smallest absolute Gasteiger partial charge is 0.255 e. The van der Waals surface area contributed by atoms with E-state index in [2.05, 4.69) is 25.6 Å². The third-order valence-corrected chi connectivity index (χ3v) is 9.51. The largest absolute Gasteiger partial charge is 0.324 e. The van der Waals surface area contributed by atoms with Gasteiger partial charge in [-0.3, -0.25) is 9.78 Å². The van der Waals surface area contributed by atoms with Crippen LogP contribution in [0.2, 0.25) is 0 Å². The van der Waals surface area contributed by atoms with Crippen molar-refractivity contribution in [2.75, 3.05) is 29.1 Å². The first kappa shape index (κ1) is 25.3. The Morgan fingerprint density at radius 2 is 1.69 bits per heavy atom. The number of carbonyl (C=O) groups excluding carboxylic acids is 1. The lowest BCUT2D eigenvalue weighted by molar-refractivity contribution is 0.102. The SMILES string of the molecule is CCP(=O)(CC)CCc1ccc(C(=O)Nc2cccc(Nc3nccc(-c4cccnc4)n3)c2)cc1. The summed E-state index contributed by atoms with van der Waals surface area (Å²) in [5.41, 5.74) is 4.74. The summed E-state index contributed by atoms with van der Waals surface area (Å²) < 4.78 is 12.6. The van der Waals surface area contributed by atoms with Crippen LogP contribution in [0.25, 0.3) is 11.3 Å². The van der Waals surface area contributed by atoms with Crippen molar-refractivity contribution >= 4 is 30.4 Å². The van der Waals surface area contributed by atoms with E-state index < -0.39 is 7.14 Å². The molecule has 36 heavy (non-hydrogen) atoms. The standard InChI is InChI=1S/C28H30N5O2P/c1-3-36(35,4-2)18-15-21-10-12-22(13-11-21)27(34)31-24-8-5-9-25(19-24)32-28-30-17-14-26(33-28)23-7-6-16-29-20-23/h5-14,16-17,19-20H,3-4,15,18H2,1-2H3,(H,31,34)(H,30,32,33). The molecule has 2 aromatic carbocycles. The summed E-state index contributed by atoms with van der Waals surface area (Å²) in [4.78, 5) is 25.8. The van der Waals surface area contributed by atoms with Gasteiger partial charge in [0.25, 0.3) is 5.91 Å². The van der Waals surface area contributed by atoms with E-state index in [0.717, 1.165) is 41.3 Å². The number of hydrogen-bond acceptors (Lipinski definition) is 6. The van der Waals surface area contributed by atoms with Crippen molar-refractivity contribution in [3.8, 4) is 11.3 Å². The maximum Gasteiger partial charge on any atom is 0.255 e. The number of nitrogens with zero attached hydrogens (tertiary/aromatic N) is 3. The van der Waals surface area contributed by atoms with Gasteiger partial charge in [0, 0.05) is 47.3 Å².